The minimum Gasteiger partial charge on any atom is -0.377 e. The lowest BCUT2D eigenvalue weighted by Gasteiger charge is -2.06. The molecule has 0 radical (unpaired) electrons. The molecule has 2 aromatic heterocycles. The molecule has 0 saturated carbocycles. The standard InChI is InChI=1S/C14H19N5O4/c1-8-10(14(21)17-9(2)16-8)6-12(20)15-5-4-13-18-11(7-22-3)19-23-13/h4-7H2,1-3H3,(H,15,20)(H,16,17,21). The summed E-state index contributed by atoms with van der Waals surface area (Å²) in [5.41, 5.74) is 0.641. The average molecular weight is 321 g/mol. The summed E-state index contributed by atoms with van der Waals surface area (Å²) in [5.74, 6) is 1.14. The maximum absolute atomic E-state index is 11.9. The quantitative estimate of drug-likeness (QED) is 0.725. The van der Waals surface area contributed by atoms with Crippen LogP contribution in [0.2, 0.25) is 0 Å². The number of carbonyl (C=O) groups is 1. The highest BCUT2D eigenvalue weighted by Crippen LogP contribution is 2.01. The highest BCUT2D eigenvalue weighted by atomic mass is 16.5. The number of aromatic amines is 1. The predicted octanol–water partition coefficient (Wildman–Crippen LogP) is -0.182. The van der Waals surface area contributed by atoms with Crippen molar-refractivity contribution >= 4 is 5.91 Å². The van der Waals surface area contributed by atoms with E-state index < -0.39 is 0 Å². The average Bonchev–Trinajstić information content (AvgIpc) is 2.91. The Morgan fingerprint density at radius 2 is 2.13 bits per heavy atom. The Morgan fingerprint density at radius 1 is 1.35 bits per heavy atom. The number of aromatic nitrogens is 4. The van der Waals surface area contributed by atoms with Gasteiger partial charge in [-0.1, -0.05) is 5.16 Å². The molecule has 0 saturated heterocycles. The molecule has 0 bridgehead atoms. The molecule has 1 amide bonds. The number of H-pyrrole nitrogens is 1. The third kappa shape index (κ3) is 4.71. The van der Waals surface area contributed by atoms with Crippen molar-refractivity contribution in [3.8, 4) is 0 Å². The molecule has 124 valence electrons. The number of amides is 1. The summed E-state index contributed by atoms with van der Waals surface area (Å²) in [6.45, 7) is 4.02. The number of carbonyl (C=O) groups excluding carboxylic acids is 1. The van der Waals surface area contributed by atoms with E-state index in [0.29, 0.717) is 41.8 Å². The zero-order valence-corrected chi connectivity index (χ0v) is 13.3. The first-order chi connectivity index (χ1) is 11.0. The van der Waals surface area contributed by atoms with E-state index in [1.165, 1.54) is 0 Å². The van der Waals surface area contributed by atoms with Crippen molar-refractivity contribution in [3.05, 3.63) is 39.2 Å². The van der Waals surface area contributed by atoms with Crippen LogP contribution in [0.4, 0.5) is 0 Å². The third-order valence-electron chi connectivity index (χ3n) is 3.12. The molecule has 23 heavy (non-hydrogen) atoms. The molecule has 2 heterocycles. The summed E-state index contributed by atoms with van der Waals surface area (Å²) >= 11 is 0. The molecule has 0 atom stereocenters. The van der Waals surface area contributed by atoms with E-state index in [1.54, 1.807) is 21.0 Å². The van der Waals surface area contributed by atoms with Crippen LogP contribution in [0.15, 0.2) is 9.32 Å². The van der Waals surface area contributed by atoms with Crippen molar-refractivity contribution in [2.45, 2.75) is 33.3 Å². The summed E-state index contributed by atoms with van der Waals surface area (Å²) in [5, 5.41) is 6.44. The molecular weight excluding hydrogens is 302 g/mol. The van der Waals surface area contributed by atoms with E-state index in [4.69, 9.17) is 9.26 Å². The number of hydrogen-bond acceptors (Lipinski definition) is 7. The van der Waals surface area contributed by atoms with Gasteiger partial charge in [0.25, 0.3) is 5.56 Å². The van der Waals surface area contributed by atoms with Gasteiger partial charge in [0.2, 0.25) is 11.8 Å². The maximum atomic E-state index is 11.9. The second kappa shape index (κ2) is 7.63. The smallest absolute Gasteiger partial charge is 0.254 e. The van der Waals surface area contributed by atoms with Crippen LogP contribution in [0.1, 0.15) is 28.8 Å². The first-order valence-corrected chi connectivity index (χ1v) is 7.13. The Hall–Kier alpha value is -2.55. The van der Waals surface area contributed by atoms with Gasteiger partial charge in [-0.3, -0.25) is 9.59 Å². The van der Waals surface area contributed by atoms with Crippen molar-refractivity contribution < 1.29 is 14.1 Å². The van der Waals surface area contributed by atoms with Gasteiger partial charge in [0.05, 0.1) is 6.42 Å². The summed E-state index contributed by atoms with van der Waals surface area (Å²) in [6.07, 6.45) is 0.386. The molecule has 2 N–H and O–H groups in total. The number of nitrogens with zero attached hydrogens (tertiary/aromatic N) is 3. The molecule has 0 aliphatic rings. The highest BCUT2D eigenvalue weighted by Gasteiger charge is 2.12. The molecular formula is C14H19N5O4. The zero-order chi connectivity index (χ0) is 16.8. The third-order valence-corrected chi connectivity index (χ3v) is 3.12. The molecule has 0 aromatic carbocycles. The first kappa shape index (κ1) is 16.8. The molecule has 9 heteroatoms. The Labute approximate surface area is 132 Å². The van der Waals surface area contributed by atoms with Crippen LogP contribution in [-0.2, 0) is 29.0 Å². The van der Waals surface area contributed by atoms with E-state index in [0.717, 1.165) is 0 Å². The van der Waals surface area contributed by atoms with Crippen LogP contribution in [0.3, 0.4) is 0 Å². The van der Waals surface area contributed by atoms with Gasteiger partial charge in [-0.25, -0.2) is 4.98 Å². The van der Waals surface area contributed by atoms with Gasteiger partial charge in [-0.05, 0) is 13.8 Å². The number of aryl methyl sites for hydroxylation is 2. The van der Waals surface area contributed by atoms with Crippen molar-refractivity contribution in [1.82, 2.24) is 25.4 Å². The highest BCUT2D eigenvalue weighted by molar-refractivity contribution is 5.78. The van der Waals surface area contributed by atoms with Crippen molar-refractivity contribution in [3.63, 3.8) is 0 Å². The van der Waals surface area contributed by atoms with Gasteiger partial charge in [0, 0.05) is 31.3 Å². The van der Waals surface area contributed by atoms with Crippen LogP contribution in [-0.4, -0.2) is 39.7 Å². The lowest BCUT2D eigenvalue weighted by atomic mass is 10.1. The van der Waals surface area contributed by atoms with Crippen LogP contribution in [0.25, 0.3) is 0 Å². The summed E-state index contributed by atoms with van der Waals surface area (Å²) in [4.78, 5) is 34.6. The Morgan fingerprint density at radius 3 is 2.83 bits per heavy atom. The largest absolute Gasteiger partial charge is 0.377 e. The van der Waals surface area contributed by atoms with Gasteiger partial charge in [-0.2, -0.15) is 4.98 Å². The molecule has 9 nitrogen and oxygen atoms in total. The summed E-state index contributed by atoms with van der Waals surface area (Å²) in [6, 6.07) is 0. The number of rotatable bonds is 7. The number of methoxy groups -OCH3 is 1. The fourth-order valence-electron chi connectivity index (χ4n) is 2.07. The van der Waals surface area contributed by atoms with E-state index in [2.05, 4.69) is 25.4 Å². The van der Waals surface area contributed by atoms with E-state index in [-0.39, 0.29) is 24.5 Å². The molecule has 0 aliphatic carbocycles. The lowest BCUT2D eigenvalue weighted by Crippen LogP contribution is -2.30. The van der Waals surface area contributed by atoms with Crippen LogP contribution < -0.4 is 10.9 Å². The second-order valence-corrected chi connectivity index (χ2v) is 5.03. The minimum absolute atomic E-state index is 0.0206. The molecule has 2 rings (SSSR count). The van der Waals surface area contributed by atoms with Crippen LogP contribution in [0, 0.1) is 13.8 Å². The second-order valence-electron chi connectivity index (χ2n) is 5.03. The molecule has 0 aliphatic heterocycles. The minimum atomic E-state index is -0.286. The Bertz CT molecular complexity index is 737. The van der Waals surface area contributed by atoms with E-state index in [1.807, 2.05) is 0 Å². The summed E-state index contributed by atoms with van der Waals surface area (Å²) < 4.78 is 9.90. The molecule has 0 spiro atoms. The van der Waals surface area contributed by atoms with Crippen LogP contribution in [0.5, 0.6) is 0 Å². The Balaban J connectivity index is 1.84. The van der Waals surface area contributed by atoms with Gasteiger partial charge >= 0.3 is 0 Å². The molecule has 0 fully saturated rings. The van der Waals surface area contributed by atoms with E-state index >= 15 is 0 Å². The van der Waals surface area contributed by atoms with Crippen molar-refractivity contribution in [2.75, 3.05) is 13.7 Å². The fraction of sp³-hybridized carbons (Fsp3) is 0.500. The monoisotopic (exact) mass is 321 g/mol. The van der Waals surface area contributed by atoms with Gasteiger partial charge < -0.3 is 19.6 Å². The SMILES string of the molecule is COCc1noc(CCNC(=O)Cc2c(C)nc(C)[nH]c2=O)n1. The van der Waals surface area contributed by atoms with Gasteiger partial charge in [0.15, 0.2) is 5.82 Å². The topological polar surface area (TPSA) is 123 Å². The lowest BCUT2D eigenvalue weighted by molar-refractivity contribution is -0.120. The normalized spacial score (nSPS) is 10.7. The predicted molar refractivity (Wildman–Crippen MR) is 79.8 cm³/mol. The van der Waals surface area contributed by atoms with Gasteiger partial charge in [-0.15, -0.1) is 0 Å². The number of hydrogen-bond donors (Lipinski definition) is 2. The maximum Gasteiger partial charge on any atom is 0.254 e. The number of nitrogens with one attached hydrogen (secondary N) is 2. The van der Waals surface area contributed by atoms with Gasteiger partial charge in [0.1, 0.15) is 12.4 Å². The van der Waals surface area contributed by atoms with Crippen molar-refractivity contribution in [2.24, 2.45) is 0 Å². The molecule has 2 aromatic rings. The number of ether oxygens (including phenoxy) is 1. The summed E-state index contributed by atoms with van der Waals surface area (Å²) in [7, 11) is 1.54. The fourth-order valence-corrected chi connectivity index (χ4v) is 2.07. The zero-order valence-electron chi connectivity index (χ0n) is 13.3. The molecule has 0 unspecified atom stereocenters. The van der Waals surface area contributed by atoms with Crippen molar-refractivity contribution in [1.29, 1.82) is 0 Å². The van der Waals surface area contributed by atoms with E-state index in [9.17, 15) is 9.59 Å². The first-order valence-electron chi connectivity index (χ1n) is 7.13. The Kier molecular flexibility index (Phi) is 5.58. The van der Waals surface area contributed by atoms with Crippen LogP contribution >= 0.6 is 0 Å².